The van der Waals surface area contributed by atoms with Crippen molar-refractivity contribution in [3.05, 3.63) is 92.4 Å². The van der Waals surface area contributed by atoms with E-state index >= 15 is 8.78 Å². The molecular formula is C35H40F4N4O5. The van der Waals surface area contributed by atoms with E-state index in [-0.39, 0.29) is 43.6 Å². The van der Waals surface area contributed by atoms with Gasteiger partial charge < -0.3 is 20.3 Å². The normalized spacial score (nSPS) is 15.6. The number of rotatable bonds is 13. The van der Waals surface area contributed by atoms with Gasteiger partial charge in [-0.1, -0.05) is 31.0 Å². The number of carbonyl (C=O) groups excluding carboxylic acids is 2. The van der Waals surface area contributed by atoms with Crippen LogP contribution in [0.5, 0.6) is 0 Å². The Morgan fingerprint density at radius 2 is 1.71 bits per heavy atom. The Kier molecular flexibility index (Phi) is 11.5. The maximum Gasteiger partial charge on any atom is 0.305 e. The van der Waals surface area contributed by atoms with E-state index in [9.17, 15) is 33.1 Å². The maximum atomic E-state index is 15.3. The van der Waals surface area contributed by atoms with Crippen LogP contribution in [0.4, 0.5) is 17.6 Å². The fraction of sp³-hybridized carbons (Fsp3) is 0.429. The quantitative estimate of drug-likeness (QED) is 0.212. The molecule has 3 N–H and O–H groups in total. The smallest absolute Gasteiger partial charge is 0.305 e. The highest BCUT2D eigenvalue weighted by Gasteiger charge is 2.37. The fourth-order valence-electron chi connectivity index (χ4n) is 6.26. The highest BCUT2D eigenvalue weighted by molar-refractivity contribution is 5.97. The standard InChI is InChI=1S/C35H40F4N4O5/c1-5-7-27(40-32(46)24-8-6-10-43(34(24)48)13-12-42-11-9-35(38,39)19-42)33(47)41-28(18-29(44)45)25-16-23(17-26(36)31(25)37)30-21(3)14-20(2)15-22(30)4/h6,8,10,14-17,27-28H,5,7,9,11-13,18-19H2,1-4H3,(H,40,46)(H,41,47)(H,44,45)/t27-,28-/m0/s1. The van der Waals surface area contributed by atoms with Crippen molar-refractivity contribution in [2.45, 2.75) is 77.9 Å². The molecule has 258 valence electrons. The van der Waals surface area contributed by atoms with Crippen molar-refractivity contribution in [3.8, 4) is 11.1 Å². The number of halogens is 4. The van der Waals surface area contributed by atoms with Crippen LogP contribution in [-0.4, -0.2) is 64.0 Å². The molecule has 1 fully saturated rings. The van der Waals surface area contributed by atoms with Crippen LogP contribution in [0.3, 0.4) is 0 Å². The first-order valence-corrected chi connectivity index (χ1v) is 15.8. The zero-order valence-electron chi connectivity index (χ0n) is 27.3. The topological polar surface area (TPSA) is 121 Å². The van der Waals surface area contributed by atoms with Crippen LogP contribution in [0.1, 0.15) is 71.3 Å². The lowest BCUT2D eigenvalue weighted by molar-refractivity contribution is -0.137. The summed E-state index contributed by atoms with van der Waals surface area (Å²) >= 11 is 0. The molecule has 0 bridgehead atoms. The lowest BCUT2D eigenvalue weighted by Gasteiger charge is -2.24. The van der Waals surface area contributed by atoms with E-state index in [1.807, 2.05) is 32.9 Å². The summed E-state index contributed by atoms with van der Waals surface area (Å²) in [5, 5.41) is 14.6. The van der Waals surface area contributed by atoms with E-state index in [0.717, 1.165) is 22.8 Å². The zero-order valence-corrected chi connectivity index (χ0v) is 27.3. The molecule has 2 atom stereocenters. The molecule has 48 heavy (non-hydrogen) atoms. The second-order valence-corrected chi connectivity index (χ2v) is 12.4. The number of nitrogens with zero attached hydrogens (tertiary/aromatic N) is 2. The number of nitrogens with one attached hydrogen (secondary N) is 2. The van der Waals surface area contributed by atoms with Crippen molar-refractivity contribution < 1.29 is 37.1 Å². The number of alkyl halides is 2. The molecule has 4 rings (SSSR count). The van der Waals surface area contributed by atoms with E-state index < -0.39 is 65.9 Å². The number of carbonyl (C=O) groups is 3. The summed E-state index contributed by atoms with van der Waals surface area (Å²) in [6.45, 7) is 7.29. The Bertz CT molecular complexity index is 1740. The molecule has 0 unspecified atom stereocenters. The highest BCUT2D eigenvalue weighted by Crippen LogP contribution is 2.34. The molecule has 3 aromatic rings. The first-order chi connectivity index (χ1) is 22.6. The Hall–Kier alpha value is -4.52. The second kappa shape index (κ2) is 15.1. The lowest BCUT2D eigenvalue weighted by Crippen LogP contribution is -2.49. The van der Waals surface area contributed by atoms with Crippen LogP contribution < -0.4 is 16.2 Å². The Labute approximate surface area is 276 Å². The first kappa shape index (κ1) is 36.3. The van der Waals surface area contributed by atoms with Crippen molar-refractivity contribution in [2.24, 2.45) is 0 Å². The number of pyridine rings is 1. The predicted octanol–water partition coefficient (Wildman–Crippen LogP) is 5.29. The number of amides is 2. The Morgan fingerprint density at radius 3 is 2.31 bits per heavy atom. The van der Waals surface area contributed by atoms with E-state index in [1.54, 1.807) is 6.92 Å². The molecule has 2 amide bonds. The number of aliphatic carboxylic acids is 1. The van der Waals surface area contributed by atoms with Crippen LogP contribution >= 0.6 is 0 Å². The van der Waals surface area contributed by atoms with Crippen molar-refractivity contribution in [1.82, 2.24) is 20.1 Å². The molecule has 0 radical (unpaired) electrons. The average molecular weight is 673 g/mol. The third-order valence-electron chi connectivity index (χ3n) is 8.46. The van der Waals surface area contributed by atoms with Crippen LogP contribution in [0, 0.1) is 32.4 Å². The van der Waals surface area contributed by atoms with E-state index in [4.69, 9.17) is 0 Å². The van der Waals surface area contributed by atoms with Gasteiger partial charge in [-0.15, -0.1) is 0 Å². The van der Waals surface area contributed by atoms with Crippen LogP contribution in [0.2, 0.25) is 0 Å². The Balaban J connectivity index is 1.57. The molecule has 0 aliphatic carbocycles. The zero-order chi connectivity index (χ0) is 35.3. The molecule has 2 aromatic carbocycles. The number of likely N-dealkylation sites (tertiary alicyclic amines) is 1. The number of aromatic nitrogens is 1. The molecule has 1 aromatic heterocycles. The lowest BCUT2D eigenvalue weighted by atomic mass is 9.91. The molecule has 0 saturated carbocycles. The number of hydrogen-bond acceptors (Lipinski definition) is 5. The van der Waals surface area contributed by atoms with E-state index in [2.05, 4.69) is 10.6 Å². The minimum Gasteiger partial charge on any atom is -0.481 e. The monoisotopic (exact) mass is 672 g/mol. The number of hydrogen-bond donors (Lipinski definition) is 3. The molecule has 1 aliphatic heterocycles. The predicted molar refractivity (Wildman–Crippen MR) is 172 cm³/mol. The molecule has 2 heterocycles. The third kappa shape index (κ3) is 8.68. The van der Waals surface area contributed by atoms with Crippen LogP contribution in [0.15, 0.2) is 47.4 Å². The van der Waals surface area contributed by atoms with E-state index in [1.165, 1.54) is 33.9 Å². The summed E-state index contributed by atoms with van der Waals surface area (Å²) < 4.78 is 58.7. The van der Waals surface area contributed by atoms with Gasteiger partial charge in [-0.3, -0.25) is 24.1 Å². The van der Waals surface area contributed by atoms with Gasteiger partial charge in [0, 0.05) is 37.8 Å². The summed E-state index contributed by atoms with van der Waals surface area (Å²) in [4.78, 5) is 53.3. The van der Waals surface area contributed by atoms with Gasteiger partial charge >= 0.3 is 5.97 Å². The molecular weight excluding hydrogens is 632 g/mol. The molecule has 1 aliphatic rings. The van der Waals surface area contributed by atoms with Crippen molar-refractivity contribution in [2.75, 3.05) is 19.6 Å². The summed E-state index contributed by atoms with van der Waals surface area (Å²) in [5.74, 6) is -8.43. The third-order valence-corrected chi connectivity index (χ3v) is 8.46. The summed E-state index contributed by atoms with van der Waals surface area (Å²) in [6.07, 6.45) is 0.863. The Morgan fingerprint density at radius 1 is 1.02 bits per heavy atom. The van der Waals surface area contributed by atoms with Crippen LogP contribution in [-0.2, 0) is 16.1 Å². The van der Waals surface area contributed by atoms with Gasteiger partial charge in [0.15, 0.2) is 11.6 Å². The van der Waals surface area contributed by atoms with Gasteiger partial charge in [0.05, 0.1) is 19.0 Å². The van der Waals surface area contributed by atoms with Gasteiger partial charge in [0.2, 0.25) is 5.91 Å². The van der Waals surface area contributed by atoms with E-state index in [0.29, 0.717) is 17.5 Å². The SMILES string of the molecule is CCC[C@H](NC(=O)c1cccn(CCN2CCC(F)(F)C2)c1=O)C(=O)N[C@@H](CC(=O)O)c1cc(-c2c(C)cc(C)cc2C)cc(F)c1F. The highest BCUT2D eigenvalue weighted by atomic mass is 19.3. The molecule has 13 heteroatoms. The van der Waals surface area contributed by atoms with Gasteiger partial charge in [-0.2, -0.15) is 0 Å². The van der Waals surface area contributed by atoms with Crippen molar-refractivity contribution in [1.29, 1.82) is 0 Å². The molecule has 1 saturated heterocycles. The summed E-state index contributed by atoms with van der Waals surface area (Å²) in [7, 11) is 0. The summed E-state index contributed by atoms with van der Waals surface area (Å²) in [6, 6.07) is 6.08. The van der Waals surface area contributed by atoms with Crippen LogP contribution in [0.25, 0.3) is 11.1 Å². The number of benzene rings is 2. The number of aryl methyl sites for hydroxylation is 3. The minimum atomic E-state index is -2.78. The van der Waals surface area contributed by atoms with Gasteiger partial charge in [-0.05, 0) is 73.7 Å². The van der Waals surface area contributed by atoms with Gasteiger partial charge in [0.1, 0.15) is 11.6 Å². The largest absolute Gasteiger partial charge is 0.481 e. The van der Waals surface area contributed by atoms with Gasteiger partial charge in [-0.25, -0.2) is 17.6 Å². The number of carboxylic acid groups (broad SMARTS) is 1. The number of carboxylic acids is 1. The molecule has 0 spiro atoms. The van der Waals surface area contributed by atoms with Crippen molar-refractivity contribution >= 4 is 17.8 Å². The van der Waals surface area contributed by atoms with Gasteiger partial charge in [0.25, 0.3) is 17.4 Å². The minimum absolute atomic E-state index is 0.0641. The van der Waals surface area contributed by atoms with Crippen molar-refractivity contribution in [3.63, 3.8) is 0 Å². The maximum absolute atomic E-state index is 15.3. The average Bonchev–Trinajstić information content (AvgIpc) is 3.35. The molecule has 9 nitrogen and oxygen atoms in total. The first-order valence-electron chi connectivity index (χ1n) is 15.8. The second-order valence-electron chi connectivity index (χ2n) is 12.4. The summed E-state index contributed by atoms with van der Waals surface area (Å²) in [5.41, 5.74) is 2.17. The fourth-order valence-corrected chi connectivity index (χ4v) is 6.26.